The van der Waals surface area contributed by atoms with E-state index in [1.807, 2.05) is 25.1 Å². The largest absolute Gasteiger partial charge is 0.483 e. The van der Waals surface area contributed by atoms with Crippen LogP contribution in [-0.4, -0.2) is 16.2 Å². The number of aryl methyl sites for hydroxylation is 1. The molecule has 0 radical (unpaired) electrons. The first-order chi connectivity index (χ1) is 10.1. The van der Waals surface area contributed by atoms with Gasteiger partial charge in [0.1, 0.15) is 5.75 Å². The van der Waals surface area contributed by atoms with Gasteiger partial charge in [-0.2, -0.15) is 4.98 Å². The second-order valence-corrected chi connectivity index (χ2v) is 5.74. The van der Waals surface area contributed by atoms with Crippen LogP contribution >= 0.6 is 15.9 Å². The van der Waals surface area contributed by atoms with Crippen molar-refractivity contribution in [3.63, 3.8) is 0 Å². The molecule has 21 heavy (non-hydrogen) atoms. The molecule has 0 bridgehead atoms. The first kappa shape index (κ1) is 16.0. The summed E-state index contributed by atoms with van der Waals surface area (Å²) >= 11 is 3.52. The maximum absolute atomic E-state index is 5.97. The average molecular weight is 354 g/mol. The Balaban J connectivity index is 1.97. The summed E-state index contributed by atoms with van der Waals surface area (Å²) < 4.78 is 11.7. The van der Waals surface area contributed by atoms with Crippen molar-refractivity contribution in [1.29, 1.82) is 0 Å². The van der Waals surface area contributed by atoms with E-state index in [0.29, 0.717) is 11.7 Å². The molecular formula is C15H20BrN3O2. The van der Waals surface area contributed by atoms with Gasteiger partial charge >= 0.3 is 0 Å². The lowest BCUT2D eigenvalue weighted by Gasteiger charge is -2.11. The Bertz CT molecular complexity index is 586. The highest BCUT2D eigenvalue weighted by Crippen LogP contribution is 2.27. The Labute approximate surface area is 133 Å². The average Bonchev–Trinajstić information content (AvgIpc) is 2.94. The van der Waals surface area contributed by atoms with Gasteiger partial charge in [0.05, 0.1) is 4.47 Å². The van der Waals surface area contributed by atoms with E-state index in [0.717, 1.165) is 29.5 Å². The van der Waals surface area contributed by atoms with Crippen molar-refractivity contribution >= 4 is 15.9 Å². The standard InChI is InChI=1S/C15H20BrN3O2/c1-3-11(17)7-10-5-6-13(12(16)8-10)20-9-15-18-14(4-2)19-21-15/h5-6,8,11H,3-4,7,9,17H2,1-2H3. The zero-order chi connectivity index (χ0) is 15.2. The van der Waals surface area contributed by atoms with Crippen LogP contribution in [-0.2, 0) is 19.4 Å². The highest BCUT2D eigenvalue weighted by molar-refractivity contribution is 9.10. The summed E-state index contributed by atoms with van der Waals surface area (Å²) in [5.41, 5.74) is 7.16. The summed E-state index contributed by atoms with van der Waals surface area (Å²) in [4.78, 5) is 4.21. The third-order valence-electron chi connectivity index (χ3n) is 3.20. The number of ether oxygens (including phenoxy) is 1. The van der Waals surface area contributed by atoms with Gasteiger partial charge in [0.2, 0.25) is 0 Å². The van der Waals surface area contributed by atoms with E-state index in [1.165, 1.54) is 5.56 Å². The number of rotatable bonds is 7. The minimum atomic E-state index is 0.189. The van der Waals surface area contributed by atoms with Crippen molar-refractivity contribution in [1.82, 2.24) is 10.1 Å². The fourth-order valence-corrected chi connectivity index (χ4v) is 2.41. The summed E-state index contributed by atoms with van der Waals surface area (Å²) in [6, 6.07) is 6.19. The molecule has 114 valence electrons. The minimum Gasteiger partial charge on any atom is -0.483 e. The summed E-state index contributed by atoms with van der Waals surface area (Å²) in [6.07, 6.45) is 2.57. The molecule has 1 heterocycles. The van der Waals surface area contributed by atoms with E-state index in [-0.39, 0.29) is 12.6 Å². The van der Waals surface area contributed by atoms with E-state index in [4.69, 9.17) is 15.0 Å². The number of halogens is 1. The molecule has 0 aliphatic carbocycles. The Hall–Kier alpha value is -1.40. The Kier molecular flexibility index (Phi) is 5.76. The second kappa shape index (κ2) is 7.56. The van der Waals surface area contributed by atoms with E-state index in [2.05, 4.69) is 33.0 Å². The zero-order valence-electron chi connectivity index (χ0n) is 12.3. The number of nitrogens with two attached hydrogens (primary N) is 1. The Morgan fingerprint density at radius 1 is 1.38 bits per heavy atom. The molecule has 0 aliphatic rings. The number of benzene rings is 1. The molecule has 1 unspecified atom stereocenters. The van der Waals surface area contributed by atoms with Crippen LogP contribution in [0.3, 0.4) is 0 Å². The predicted molar refractivity (Wildman–Crippen MR) is 84.1 cm³/mol. The van der Waals surface area contributed by atoms with Crippen molar-refractivity contribution in [2.75, 3.05) is 0 Å². The fourth-order valence-electron chi connectivity index (χ4n) is 1.87. The summed E-state index contributed by atoms with van der Waals surface area (Å²) in [5, 5.41) is 3.83. The third-order valence-corrected chi connectivity index (χ3v) is 3.82. The molecule has 1 aromatic heterocycles. The van der Waals surface area contributed by atoms with Gasteiger partial charge in [0, 0.05) is 12.5 Å². The smallest absolute Gasteiger partial charge is 0.264 e. The van der Waals surface area contributed by atoms with Crippen molar-refractivity contribution in [2.45, 2.75) is 45.8 Å². The molecule has 0 spiro atoms. The Morgan fingerprint density at radius 3 is 2.81 bits per heavy atom. The minimum absolute atomic E-state index is 0.189. The van der Waals surface area contributed by atoms with Crippen LogP contribution in [0.5, 0.6) is 5.75 Å². The zero-order valence-corrected chi connectivity index (χ0v) is 13.9. The highest BCUT2D eigenvalue weighted by Gasteiger charge is 2.09. The van der Waals surface area contributed by atoms with Crippen LogP contribution in [0.15, 0.2) is 27.2 Å². The van der Waals surface area contributed by atoms with Gasteiger partial charge < -0.3 is 15.0 Å². The molecule has 1 atom stereocenters. The molecule has 6 heteroatoms. The van der Waals surface area contributed by atoms with Gasteiger partial charge in [-0.3, -0.25) is 0 Å². The van der Waals surface area contributed by atoms with Gasteiger partial charge in [-0.1, -0.05) is 25.1 Å². The summed E-state index contributed by atoms with van der Waals surface area (Å²) in [6.45, 7) is 4.33. The van der Waals surface area contributed by atoms with Crippen LogP contribution in [0.4, 0.5) is 0 Å². The van der Waals surface area contributed by atoms with Gasteiger partial charge in [-0.15, -0.1) is 0 Å². The molecule has 2 N–H and O–H groups in total. The van der Waals surface area contributed by atoms with Crippen molar-refractivity contribution in [3.05, 3.63) is 40.0 Å². The van der Waals surface area contributed by atoms with Crippen LogP contribution in [0.2, 0.25) is 0 Å². The van der Waals surface area contributed by atoms with Crippen LogP contribution in [0.25, 0.3) is 0 Å². The van der Waals surface area contributed by atoms with Crippen molar-refractivity contribution < 1.29 is 9.26 Å². The van der Waals surface area contributed by atoms with E-state index < -0.39 is 0 Å². The number of hydrogen-bond donors (Lipinski definition) is 1. The molecule has 2 rings (SSSR count). The summed E-state index contributed by atoms with van der Waals surface area (Å²) in [7, 11) is 0. The lowest BCUT2D eigenvalue weighted by molar-refractivity contribution is 0.241. The molecule has 5 nitrogen and oxygen atoms in total. The summed E-state index contributed by atoms with van der Waals surface area (Å²) in [5.74, 6) is 1.92. The van der Waals surface area contributed by atoms with Crippen LogP contribution < -0.4 is 10.5 Å². The van der Waals surface area contributed by atoms with E-state index >= 15 is 0 Å². The number of hydrogen-bond acceptors (Lipinski definition) is 5. The number of aromatic nitrogens is 2. The monoisotopic (exact) mass is 353 g/mol. The molecule has 2 aromatic rings. The highest BCUT2D eigenvalue weighted by atomic mass is 79.9. The van der Waals surface area contributed by atoms with Crippen molar-refractivity contribution in [2.24, 2.45) is 5.73 Å². The van der Waals surface area contributed by atoms with Crippen LogP contribution in [0, 0.1) is 0 Å². The molecule has 0 saturated carbocycles. The normalized spacial score (nSPS) is 12.4. The van der Waals surface area contributed by atoms with Gasteiger partial charge in [-0.25, -0.2) is 0 Å². The fraction of sp³-hybridized carbons (Fsp3) is 0.467. The Morgan fingerprint density at radius 2 is 2.19 bits per heavy atom. The van der Waals surface area contributed by atoms with E-state index in [1.54, 1.807) is 0 Å². The second-order valence-electron chi connectivity index (χ2n) is 4.88. The van der Waals surface area contributed by atoms with Gasteiger partial charge in [-0.05, 0) is 46.5 Å². The SMILES string of the molecule is CCc1noc(COc2ccc(CC(N)CC)cc2Br)n1. The molecule has 0 aliphatic heterocycles. The van der Waals surface area contributed by atoms with Gasteiger partial charge in [0.15, 0.2) is 12.4 Å². The quantitative estimate of drug-likeness (QED) is 0.826. The van der Waals surface area contributed by atoms with E-state index in [9.17, 15) is 0 Å². The molecular weight excluding hydrogens is 334 g/mol. The van der Waals surface area contributed by atoms with Crippen LogP contribution in [0.1, 0.15) is 37.5 Å². The predicted octanol–water partition coefficient (Wildman–Crippen LogP) is 3.25. The third kappa shape index (κ3) is 4.54. The lowest BCUT2D eigenvalue weighted by Crippen LogP contribution is -2.21. The first-order valence-electron chi connectivity index (χ1n) is 7.10. The lowest BCUT2D eigenvalue weighted by atomic mass is 10.0. The first-order valence-corrected chi connectivity index (χ1v) is 7.90. The maximum Gasteiger partial charge on any atom is 0.264 e. The maximum atomic E-state index is 5.97. The topological polar surface area (TPSA) is 74.2 Å². The molecule has 0 saturated heterocycles. The van der Waals surface area contributed by atoms with Gasteiger partial charge in [0.25, 0.3) is 5.89 Å². The molecule has 1 aromatic carbocycles. The molecule has 0 amide bonds. The molecule has 0 fully saturated rings. The van der Waals surface area contributed by atoms with Crippen molar-refractivity contribution in [3.8, 4) is 5.75 Å². The number of nitrogens with zero attached hydrogens (tertiary/aromatic N) is 2.